The van der Waals surface area contributed by atoms with E-state index in [1.54, 1.807) is 7.11 Å². The van der Waals surface area contributed by atoms with Gasteiger partial charge in [-0.05, 0) is 48.6 Å². The Kier molecular flexibility index (Phi) is 4.66. The summed E-state index contributed by atoms with van der Waals surface area (Å²) in [6.07, 6.45) is 4.77. The number of aromatic nitrogens is 2. The van der Waals surface area contributed by atoms with Crippen LogP contribution < -0.4 is 10.1 Å². The number of hydrogen-bond acceptors (Lipinski definition) is 5. The van der Waals surface area contributed by atoms with Gasteiger partial charge in [0.25, 0.3) is 0 Å². The van der Waals surface area contributed by atoms with E-state index >= 15 is 0 Å². The van der Waals surface area contributed by atoms with Crippen LogP contribution in [-0.4, -0.2) is 23.0 Å². The van der Waals surface area contributed by atoms with Crippen LogP contribution in [0.1, 0.15) is 16.0 Å². The zero-order chi connectivity index (χ0) is 12.8. The average molecular weight is 263 g/mol. The summed E-state index contributed by atoms with van der Waals surface area (Å²) in [5.74, 6) is 0.696. The molecule has 0 bridgehead atoms. The molecule has 96 valence electrons. The van der Waals surface area contributed by atoms with E-state index in [-0.39, 0.29) is 0 Å². The van der Waals surface area contributed by atoms with E-state index in [1.807, 2.05) is 18.5 Å². The summed E-state index contributed by atoms with van der Waals surface area (Å²) in [7, 11) is 1.64. The molecule has 0 aliphatic rings. The van der Waals surface area contributed by atoms with Gasteiger partial charge in [0.05, 0.1) is 7.11 Å². The molecule has 0 radical (unpaired) electrons. The van der Waals surface area contributed by atoms with E-state index in [0.29, 0.717) is 5.88 Å². The molecule has 5 heteroatoms. The molecule has 0 aliphatic carbocycles. The molecule has 2 heterocycles. The van der Waals surface area contributed by atoms with Crippen molar-refractivity contribution in [3.05, 3.63) is 40.5 Å². The summed E-state index contributed by atoms with van der Waals surface area (Å²) in [5.41, 5.74) is 2.60. The van der Waals surface area contributed by atoms with Gasteiger partial charge in [0, 0.05) is 29.9 Å². The van der Waals surface area contributed by atoms with Gasteiger partial charge in [-0.15, -0.1) is 0 Å². The summed E-state index contributed by atoms with van der Waals surface area (Å²) >= 11 is 1.48. The zero-order valence-electron chi connectivity index (χ0n) is 10.6. The van der Waals surface area contributed by atoms with Crippen molar-refractivity contribution in [3.63, 3.8) is 0 Å². The second-order valence-corrected chi connectivity index (χ2v) is 4.95. The summed E-state index contributed by atoms with van der Waals surface area (Å²) in [5, 5.41) is 3.41. The molecular weight excluding hydrogens is 246 g/mol. The van der Waals surface area contributed by atoms with Crippen LogP contribution in [0.3, 0.4) is 0 Å². The van der Waals surface area contributed by atoms with Crippen molar-refractivity contribution in [1.29, 1.82) is 0 Å². The van der Waals surface area contributed by atoms with E-state index in [9.17, 15) is 0 Å². The largest absolute Gasteiger partial charge is 0.480 e. The van der Waals surface area contributed by atoms with Crippen LogP contribution >= 0.6 is 11.5 Å². The highest BCUT2D eigenvalue weighted by Gasteiger charge is 2.01. The van der Waals surface area contributed by atoms with Crippen LogP contribution in [-0.2, 0) is 13.0 Å². The normalized spacial score (nSPS) is 10.6. The number of hydrogen-bond donors (Lipinski definition) is 1. The van der Waals surface area contributed by atoms with Crippen LogP contribution in [0.2, 0.25) is 0 Å². The van der Waals surface area contributed by atoms with Crippen LogP contribution in [0.15, 0.2) is 24.5 Å². The minimum Gasteiger partial charge on any atom is -0.480 e. The molecular formula is C13H17N3OS. The monoisotopic (exact) mass is 263 g/mol. The van der Waals surface area contributed by atoms with Crippen LogP contribution in [0, 0.1) is 6.92 Å². The summed E-state index contributed by atoms with van der Waals surface area (Å²) in [6, 6.07) is 4.04. The zero-order valence-corrected chi connectivity index (χ0v) is 11.5. The minimum absolute atomic E-state index is 0.696. The molecule has 0 atom stereocenters. The Balaban J connectivity index is 1.74. The van der Waals surface area contributed by atoms with E-state index in [2.05, 4.69) is 27.7 Å². The van der Waals surface area contributed by atoms with Crippen molar-refractivity contribution in [2.24, 2.45) is 0 Å². The molecule has 0 aliphatic heterocycles. The average Bonchev–Trinajstić information content (AvgIpc) is 2.84. The van der Waals surface area contributed by atoms with Crippen molar-refractivity contribution in [1.82, 2.24) is 14.7 Å². The predicted octanol–water partition coefficient (Wildman–Crippen LogP) is 2.19. The fourth-order valence-corrected chi connectivity index (χ4v) is 2.35. The SMILES string of the molecule is COc1cc(CNCCc2ccncc2C)sn1. The van der Waals surface area contributed by atoms with Gasteiger partial charge in [-0.3, -0.25) is 4.98 Å². The number of pyridine rings is 1. The molecule has 0 saturated heterocycles. The number of rotatable bonds is 6. The number of methoxy groups -OCH3 is 1. The summed E-state index contributed by atoms with van der Waals surface area (Å²) < 4.78 is 9.21. The number of nitrogens with one attached hydrogen (secondary N) is 1. The van der Waals surface area contributed by atoms with Gasteiger partial charge < -0.3 is 10.1 Å². The van der Waals surface area contributed by atoms with Gasteiger partial charge in [0.2, 0.25) is 5.88 Å². The third-order valence-electron chi connectivity index (χ3n) is 2.75. The molecule has 0 aromatic carbocycles. The van der Waals surface area contributed by atoms with Crippen molar-refractivity contribution in [3.8, 4) is 5.88 Å². The lowest BCUT2D eigenvalue weighted by atomic mass is 10.1. The van der Waals surface area contributed by atoms with Crippen LogP contribution in [0.5, 0.6) is 5.88 Å². The second-order valence-electron chi connectivity index (χ2n) is 4.06. The molecule has 4 nitrogen and oxygen atoms in total. The molecule has 0 unspecified atom stereocenters. The maximum absolute atomic E-state index is 5.05. The van der Waals surface area contributed by atoms with E-state index in [4.69, 9.17) is 4.74 Å². The van der Waals surface area contributed by atoms with Gasteiger partial charge in [0.1, 0.15) is 0 Å². The number of aryl methyl sites for hydroxylation is 1. The Hall–Kier alpha value is -1.46. The Labute approximate surface area is 111 Å². The Morgan fingerprint density at radius 3 is 3.06 bits per heavy atom. The van der Waals surface area contributed by atoms with Crippen LogP contribution in [0.4, 0.5) is 0 Å². The third-order valence-corrected chi connectivity index (χ3v) is 3.52. The Bertz CT molecular complexity index is 498. The fourth-order valence-electron chi connectivity index (χ4n) is 1.69. The maximum Gasteiger partial charge on any atom is 0.225 e. The molecule has 18 heavy (non-hydrogen) atoms. The minimum atomic E-state index is 0.696. The van der Waals surface area contributed by atoms with E-state index in [0.717, 1.165) is 19.5 Å². The van der Waals surface area contributed by atoms with Crippen LogP contribution in [0.25, 0.3) is 0 Å². The highest BCUT2D eigenvalue weighted by atomic mass is 32.1. The molecule has 2 rings (SSSR count). The molecule has 0 amide bonds. The fraction of sp³-hybridized carbons (Fsp3) is 0.385. The van der Waals surface area contributed by atoms with E-state index in [1.165, 1.54) is 27.5 Å². The van der Waals surface area contributed by atoms with Crippen molar-refractivity contribution in [2.45, 2.75) is 19.9 Å². The predicted molar refractivity (Wildman–Crippen MR) is 73.1 cm³/mol. The van der Waals surface area contributed by atoms with Crippen molar-refractivity contribution >= 4 is 11.5 Å². The molecule has 2 aromatic heterocycles. The lowest BCUT2D eigenvalue weighted by Crippen LogP contribution is -2.16. The van der Waals surface area contributed by atoms with Gasteiger partial charge in [-0.1, -0.05) is 0 Å². The Morgan fingerprint density at radius 1 is 1.44 bits per heavy atom. The van der Waals surface area contributed by atoms with Gasteiger partial charge in [0.15, 0.2) is 0 Å². The summed E-state index contributed by atoms with van der Waals surface area (Å²) in [4.78, 5) is 5.28. The summed E-state index contributed by atoms with van der Waals surface area (Å²) in [6.45, 7) is 3.88. The number of ether oxygens (including phenoxy) is 1. The number of nitrogens with zero attached hydrogens (tertiary/aromatic N) is 2. The Morgan fingerprint density at radius 2 is 2.33 bits per heavy atom. The first-order valence-corrected chi connectivity index (χ1v) is 6.66. The third kappa shape index (κ3) is 3.51. The smallest absolute Gasteiger partial charge is 0.225 e. The quantitative estimate of drug-likeness (QED) is 0.812. The molecule has 0 fully saturated rings. The highest BCUT2D eigenvalue weighted by molar-refractivity contribution is 7.05. The first-order chi connectivity index (χ1) is 8.79. The standard InChI is InChI=1S/C13H17N3OS/c1-10-8-14-5-3-11(10)4-6-15-9-12-7-13(17-2)16-18-12/h3,5,7-8,15H,4,6,9H2,1-2H3. The molecule has 0 saturated carbocycles. The maximum atomic E-state index is 5.05. The first kappa shape index (κ1) is 13.0. The lowest BCUT2D eigenvalue weighted by Gasteiger charge is -2.05. The highest BCUT2D eigenvalue weighted by Crippen LogP contribution is 2.15. The van der Waals surface area contributed by atoms with Gasteiger partial charge in [-0.25, -0.2) is 0 Å². The van der Waals surface area contributed by atoms with Gasteiger partial charge in [-0.2, -0.15) is 4.37 Å². The van der Waals surface area contributed by atoms with Gasteiger partial charge >= 0.3 is 0 Å². The topological polar surface area (TPSA) is 47.0 Å². The first-order valence-electron chi connectivity index (χ1n) is 5.89. The molecule has 2 aromatic rings. The van der Waals surface area contributed by atoms with Crippen molar-refractivity contribution in [2.75, 3.05) is 13.7 Å². The van der Waals surface area contributed by atoms with Crippen molar-refractivity contribution < 1.29 is 4.74 Å². The van der Waals surface area contributed by atoms with E-state index < -0.39 is 0 Å². The molecule has 0 spiro atoms. The molecule has 1 N–H and O–H groups in total. The lowest BCUT2D eigenvalue weighted by molar-refractivity contribution is 0.402. The second kappa shape index (κ2) is 6.47.